The number of nitrogens with zero attached hydrogens (tertiary/aromatic N) is 2. The van der Waals surface area contributed by atoms with E-state index in [1.807, 2.05) is 30.3 Å². The van der Waals surface area contributed by atoms with Gasteiger partial charge in [-0.15, -0.1) is 0 Å². The van der Waals surface area contributed by atoms with Crippen LogP contribution in [0.4, 0.5) is 8.63 Å². The zero-order valence-corrected chi connectivity index (χ0v) is 23.6. The van der Waals surface area contributed by atoms with E-state index >= 15 is 8.63 Å². The summed E-state index contributed by atoms with van der Waals surface area (Å²) in [5.41, 5.74) is 5.14. The van der Waals surface area contributed by atoms with Crippen molar-refractivity contribution in [3.05, 3.63) is 104 Å². The molecular weight excluding hydrogens is 513 g/mol. The smallest absolute Gasteiger partial charge is 0.508 e. The highest BCUT2D eigenvalue weighted by molar-refractivity contribution is 6.59. The topological polar surface area (TPSA) is 71.5 Å². The first-order chi connectivity index (χ1) is 18.8. The summed E-state index contributed by atoms with van der Waals surface area (Å²) in [6.07, 6.45) is 0. The molecule has 2 aliphatic rings. The van der Waals surface area contributed by atoms with Crippen LogP contribution in [0.5, 0.6) is 5.75 Å². The number of halogens is 2. The fourth-order valence-corrected chi connectivity index (χ4v) is 6.52. The molecule has 6 nitrogen and oxygen atoms in total. The molecule has 0 atom stereocenters. The van der Waals surface area contributed by atoms with Crippen molar-refractivity contribution < 1.29 is 32.6 Å². The largest absolute Gasteiger partial charge is 0.737 e. The van der Waals surface area contributed by atoms with Gasteiger partial charge in [-0.05, 0) is 87.2 Å². The van der Waals surface area contributed by atoms with Crippen LogP contribution in [0.1, 0.15) is 70.3 Å². The van der Waals surface area contributed by atoms with E-state index < -0.39 is 12.9 Å². The molecule has 9 heteroatoms. The SMILES string of the molecule is CC(=O)c1c(C)c2n(c1C)[B-](F)(F)[N+]1=C(C)C(C(=O)OCc3ccccc3)=C(C)C1=C2c1c(C)cc(O)cc1C. The molecule has 0 saturated heterocycles. The number of phenolic OH excluding ortho intramolecular Hbond substituents is 1. The normalized spacial score (nSPS) is 15.9. The van der Waals surface area contributed by atoms with Gasteiger partial charge in [0, 0.05) is 23.8 Å². The predicted molar refractivity (Wildman–Crippen MR) is 151 cm³/mol. The predicted octanol–water partition coefficient (Wildman–Crippen LogP) is 6.17. The number of hydrogen-bond acceptors (Lipinski definition) is 4. The van der Waals surface area contributed by atoms with Gasteiger partial charge in [-0.2, -0.15) is 0 Å². The first-order valence-corrected chi connectivity index (χ1v) is 13.1. The minimum Gasteiger partial charge on any atom is -0.508 e. The molecule has 2 aliphatic heterocycles. The van der Waals surface area contributed by atoms with E-state index in [0.29, 0.717) is 33.4 Å². The number of Topliss-reactive ketones (excluding diaryl/α,β-unsaturated/α-hetero) is 1. The monoisotopic (exact) mass is 544 g/mol. The van der Waals surface area contributed by atoms with Crippen LogP contribution in [-0.2, 0) is 16.1 Å². The summed E-state index contributed by atoms with van der Waals surface area (Å²) in [5, 5.41) is 10.3. The number of ether oxygens (including phenoxy) is 1. The van der Waals surface area contributed by atoms with Gasteiger partial charge in [0.1, 0.15) is 23.6 Å². The Morgan fingerprint density at radius 3 is 2.17 bits per heavy atom. The number of carbonyl (C=O) groups is 2. The van der Waals surface area contributed by atoms with Gasteiger partial charge in [0.05, 0.1) is 5.57 Å². The van der Waals surface area contributed by atoms with E-state index in [0.717, 1.165) is 14.5 Å². The van der Waals surface area contributed by atoms with Crippen LogP contribution in [0, 0.1) is 27.7 Å². The van der Waals surface area contributed by atoms with E-state index in [2.05, 4.69) is 0 Å². The lowest BCUT2D eigenvalue weighted by Crippen LogP contribution is -2.51. The Bertz CT molecular complexity index is 1710. The molecule has 1 N–H and O–H groups in total. The molecule has 0 saturated carbocycles. The number of fused-ring (bicyclic) bond motifs is 2. The number of carbonyl (C=O) groups excluding carboxylic acids is 2. The lowest BCUT2D eigenvalue weighted by Gasteiger charge is -2.34. The summed E-state index contributed by atoms with van der Waals surface area (Å²) >= 11 is 0. The number of rotatable bonds is 5. The third-order valence-corrected chi connectivity index (χ3v) is 8.02. The lowest BCUT2D eigenvalue weighted by atomic mass is 9.81. The van der Waals surface area contributed by atoms with Crippen molar-refractivity contribution in [3.63, 3.8) is 0 Å². The number of esters is 1. The van der Waals surface area contributed by atoms with E-state index in [1.165, 1.54) is 20.8 Å². The van der Waals surface area contributed by atoms with Gasteiger partial charge < -0.3 is 27.4 Å². The number of aryl methyl sites for hydroxylation is 2. The van der Waals surface area contributed by atoms with Crippen molar-refractivity contribution in [2.75, 3.05) is 0 Å². The fourth-order valence-electron chi connectivity index (χ4n) is 6.52. The summed E-state index contributed by atoms with van der Waals surface area (Å²) in [4.78, 5) is 26.1. The van der Waals surface area contributed by atoms with E-state index in [4.69, 9.17) is 4.74 Å². The minimum absolute atomic E-state index is 0.00750. The molecule has 2 aromatic carbocycles. The Morgan fingerprint density at radius 2 is 1.60 bits per heavy atom. The zero-order chi connectivity index (χ0) is 29.3. The van der Waals surface area contributed by atoms with Gasteiger partial charge in [-0.3, -0.25) is 4.79 Å². The zero-order valence-electron chi connectivity index (χ0n) is 23.6. The van der Waals surface area contributed by atoms with Crippen LogP contribution >= 0.6 is 0 Å². The van der Waals surface area contributed by atoms with Gasteiger partial charge in [-0.1, -0.05) is 30.3 Å². The Hall–Kier alpha value is -4.27. The number of ketones is 1. The quantitative estimate of drug-likeness (QED) is 0.237. The summed E-state index contributed by atoms with van der Waals surface area (Å²) in [6.45, 7) is 6.88. The second kappa shape index (κ2) is 9.43. The Balaban J connectivity index is 1.84. The van der Waals surface area contributed by atoms with Gasteiger partial charge in [-0.25, -0.2) is 4.79 Å². The molecule has 0 bridgehead atoms. The molecule has 5 rings (SSSR count). The molecule has 1 aromatic heterocycles. The number of allylic oxidation sites excluding steroid dienone is 1. The molecule has 3 aromatic rings. The van der Waals surface area contributed by atoms with Crippen molar-refractivity contribution in [1.29, 1.82) is 0 Å². The summed E-state index contributed by atoms with van der Waals surface area (Å²) in [7, 11) is 0. The van der Waals surface area contributed by atoms with Gasteiger partial charge >= 0.3 is 12.9 Å². The summed E-state index contributed by atoms with van der Waals surface area (Å²) in [5.74, 6) is -0.926. The average molecular weight is 544 g/mol. The van der Waals surface area contributed by atoms with Crippen LogP contribution in [-0.4, -0.2) is 38.5 Å². The fraction of sp³-hybridized carbons (Fsp3) is 0.258. The van der Waals surface area contributed by atoms with E-state index in [9.17, 15) is 14.7 Å². The molecule has 0 aliphatic carbocycles. The van der Waals surface area contributed by atoms with E-state index in [1.54, 1.807) is 39.8 Å². The van der Waals surface area contributed by atoms with Crippen LogP contribution < -0.4 is 0 Å². The molecule has 0 amide bonds. The molecule has 0 radical (unpaired) electrons. The van der Waals surface area contributed by atoms with Crippen molar-refractivity contribution in [3.8, 4) is 5.75 Å². The molecule has 0 fully saturated rings. The minimum atomic E-state index is -4.48. The Morgan fingerprint density at radius 1 is 1.00 bits per heavy atom. The molecule has 40 heavy (non-hydrogen) atoms. The maximum absolute atomic E-state index is 16.7. The lowest BCUT2D eigenvalue weighted by molar-refractivity contribution is -0.363. The molecule has 0 unspecified atom stereocenters. The first-order valence-electron chi connectivity index (χ1n) is 13.1. The highest BCUT2D eigenvalue weighted by Crippen LogP contribution is 2.48. The second-order valence-corrected chi connectivity index (χ2v) is 10.6. The number of hydrogen-bond donors (Lipinski definition) is 1. The highest BCUT2D eigenvalue weighted by atomic mass is 19.2. The van der Waals surface area contributed by atoms with Crippen molar-refractivity contribution in [1.82, 2.24) is 4.48 Å². The maximum Gasteiger partial charge on any atom is 0.737 e. The van der Waals surface area contributed by atoms with Crippen molar-refractivity contribution in [2.45, 2.75) is 55.1 Å². The molecular formula is C31H31BF2N2O4. The standard InChI is InChI=1S/C31H31BF2N2O4/c1-16-13-24(38)14-17(2)25(16)28-29-18(3)26(22(7)37)20(5)35(29)32(33,34)36-21(6)27(19(4)30(28)36)31(39)40-15-23-11-9-8-10-12-23/h8-14,38H,15H2,1-7H3. The average Bonchev–Trinajstić information content (AvgIpc) is 3.29. The van der Waals surface area contributed by atoms with Crippen LogP contribution in [0.25, 0.3) is 5.57 Å². The van der Waals surface area contributed by atoms with Crippen LogP contribution in [0.15, 0.2) is 59.3 Å². The summed E-state index contributed by atoms with van der Waals surface area (Å²) < 4.78 is 40.9. The van der Waals surface area contributed by atoms with Crippen LogP contribution in [0.3, 0.4) is 0 Å². The summed E-state index contributed by atoms with van der Waals surface area (Å²) in [6, 6.07) is 12.3. The highest BCUT2D eigenvalue weighted by Gasteiger charge is 2.58. The molecule has 3 heterocycles. The van der Waals surface area contributed by atoms with Crippen molar-refractivity contribution in [2.24, 2.45) is 0 Å². The maximum atomic E-state index is 16.7. The first kappa shape index (κ1) is 27.3. The molecule has 0 spiro atoms. The number of aromatic hydroxyl groups is 1. The van der Waals surface area contributed by atoms with Crippen molar-refractivity contribution >= 4 is 30.0 Å². The molecule has 206 valence electrons. The van der Waals surface area contributed by atoms with E-state index in [-0.39, 0.29) is 52.1 Å². The third kappa shape index (κ3) is 3.86. The Kier molecular flexibility index (Phi) is 6.44. The Labute approximate surface area is 232 Å². The number of phenols is 1. The van der Waals surface area contributed by atoms with Gasteiger partial charge in [0.15, 0.2) is 11.5 Å². The number of benzene rings is 2. The second-order valence-electron chi connectivity index (χ2n) is 10.6. The van der Waals surface area contributed by atoms with Gasteiger partial charge in [0.25, 0.3) is 0 Å². The third-order valence-electron chi connectivity index (χ3n) is 8.02. The van der Waals surface area contributed by atoms with Crippen LogP contribution in [0.2, 0.25) is 0 Å². The van der Waals surface area contributed by atoms with Gasteiger partial charge in [0.2, 0.25) is 0 Å². The number of aromatic nitrogens is 1.